The molecule has 4 aromatic rings. The Hall–Kier alpha value is -4.14. The Kier molecular flexibility index (Phi) is 8.94. The molecule has 0 unspecified atom stereocenters. The predicted molar refractivity (Wildman–Crippen MR) is 172 cm³/mol. The van der Waals surface area contributed by atoms with Gasteiger partial charge in [-0.15, -0.1) is 0 Å². The number of carbonyl (C=O) groups is 1. The van der Waals surface area contributed by atoms with Gasteiger partial charge in [0.1, 0.15) is 28.9 Å². The number of benzene rings is 1. The van der Waals surface area contributed by atoms with Crippen LogP contribution in [0.3, 0.4) is 0 Å². The number of anilines is 2. The predicted octanol–water partition coefficient (Wildman–Crippen LogP) is 4.48. The summed E-state index contributed by atoms with van der Waals surface area (Å²) < 4.78 is 53.0. The summed E-state index contributed by atoms with van der Waals surface area (Å²) in [5.74, 6) is -4.36. The van der Waals surface area contributed by atoms with Gasteiger partial charge in [0.15, 0.2) is 11.6 Å². The Morgan fingerprint density at radius 2 is 1.94 bits per heavy atom. The summed E-state index contributed by atoms with van der Waals surface area (Å²) in [6.07, 6.45) is 2.64. The van der Waals surface area contributed by atoms with Crippen molar-refractivity contribution in [3.05, 3.63) is 62.7 Å². The number of aromatic nitrogens is 4. The van der Waals surface area contributed by atoms with Crippen LogP contribution in [0.2, 0.25) is 5.02 Å². The Morgan fingerprint density at radius 3 is 2.66 bits per heavy atom. The summed E-state index contributed by atoms with van der Waals surface area (Å²) in [6, 6.07) is 2.74. The Bertz CT molecular complexity index is 1950. The van der Waals surface area contributed by atoms with Crippen molar-refractivity contribution in [1.82, 2.24) is 24.0 Å². The van der Waals surface area contributed by atoms with E-state index in [4.69, 9.17) is 16.3 Å². The topological polar surface area (TPSA) is 118 Å². The summed E-state index contributed by atoms with van der Waals surface area (Å²) >= 11 is 6.25. The fraction of sp³-hybridized carbons (Fsp3) is 0.438. The number of hydrogen-bond donors (Lipinski definition) is 2. The first-order valence-corrected chi connectivity index (χ1v) is 15.7. The number of nitrogens with zero attached hydrogens (tertiary/aromatic N) is 6. The normalized spacial score (nSPS) is 17.4. The maximum Gasteiger partial charge on any atom is 0.263 e. The lowest BCUT2D eigenvalue weighted by atomic mass is 10.0. The van der Waals surface area contributed by atoms with Gasteiger partial charge in [-0.25, -0.2) is 14.4 Å². The molecular formula is C32H35ClF3N7O4. The van der Waals surface area contributed by atoms with Crippen molar-refractivity contribution in [2.45, 2.75) is 58.8 Å². The molecule has 47 heavy (non-hydrogen) atoms. The van der Waals surface area contributed by atoms with Gasteiger partial charge in [-0.1, -0.05) is 11.6 Å². The van der Waals surface area contributed by atoms with Crippen LogP contribution in [0.1, 0.15) is 31.7 Å². The van der Waals surface area contributed by atoms with E-state index in [1.165, 1.54) is 34.4 Å². The number of piperazine rings is 1. The van der Waals surface area contributed by atoms with Crippen molar-refractivity contribution in [3.8, 4) is 16.9 Å². The van der Waals surface area contributed by atoms with Crippen LogP contribution in [-0.2, 0) is 29.0 Å². The molecule has 6 rings (SSSR count). The number of amides is 1. The third kappa shape index (κ3) is 6.05. The van der Waals surface area contributed by atoms with Gasteiger partial charge in [0, 0.05) is 75.7 Å². The Morgan fingerprint density at radius 1 is 1.17 bits per heavy atom. The third-order valence-corrected chi connectivity index (χ3v) is 9.27. The van der Waals surface area contributed by atoms with E-state index < -0.39 is 41.3 Å². The minimum Gasteiger partial charge on any atom is -0.505 e. The van der Waals surface area contributed by atoms with Crippen LogP contribution < -0.4 is 15.8 Å². The summed E-state index contributed by atoms with van der Waals surface area (Å²) in [7, 11) is 1.66. The first kappa shape index (κ1) is 32.8. The molecule has 0 aliphatic carbocycles. The minimum atomic E-state index is -1.45. The van der Waals surface area contributed by atoms with Gasteiger partial charge >= 0.3 is 0 Å². The average molecular weight is 674 g/mol. The molecule has 1 saturated heterocycles. The van der Waals surface area contributed by atoms with Crippen LogP contribution in [0.5, 0.6) is 5.75 Å². The molecule has 11 nitrogen and oxygen atoms in total. The number of aryl methyl sites for hydroxylation is 2. The van der Waals surface area contributed by atoms with Crippen LogP contribution in [0, 0.1) is 24.5 Å². The van der Waals surface area contributed by atoms with Crippen LogP contribution in [0.4, 0.5) is 24.7 Å². The highest BCUT2D eigenvalue weighted by Gasteiger charge is 2.29. The summed E-state index contributed by atoms with van der Waals surface area (Å²) in [6.45, 7) is 8.14. The molecule has 0 spiro atoms. The number of ether oxygens (including phenoxy) is 1. The number of nitrogens with one attached hydrogen (secondary N) is 1. The number of methoxy groups -OCH3 is 1. The van der Waals surface area contributed by atoms with Crippen LogP contribution in [-0.4, -0.2) is 80.5 Å². The number of hydrogen-bond acceptors (Lipinski definition) is 8. The molecule has 2 atom stereocenters. The third-order valence-electron chi connectivity index (χ3n) is 8.91. The highest BCUT2D eigenvalue weighted by Crippen LogP contribution is 2.36. The average Bonchev–Trinajstić information content (AvgIpc) is 3.65. The minimum absolute atomic E-state index is 0.00896. The Labute approximate surface area is 273 Å². The second-order valence-corrected chi connectivity index (χ2v) is 12.6. The molecule has 0 radical (unpaired) electrons. The van der Waals surface area contributed by atoms with Gasteiger partial charge in [0.05, 0.1) is 17.2 Å². The van der Waals surface area contributed by atoms with E-state index in [2.05, 4.69) is 20.2 Å². The number of aromatic hydroxyl groups is 1. The summed E-state index contributed by atoms with van der Waals surface area (Å²) in [5.41, 5.74) is -0.491. The van der Waals surface area contributed by atoms with Crippen molar-refractivity contribution >= 4 is 40.0 Å². The SMILES string of the molecule is CO[C@@H](C)CN1CCN(c2cc(NC(=O)Cn3cc(-c4cc(C)c(O)c(F)c4F)c4c(=O)n5c(nc43)CCC5)c(Cl)c(F)n2)[C@@H](C)C1. The maximum absolute atomic E-state index is 15.2. The second-order valence-electron chi connectivity index (χ2n) is 12.2. The molecule has 0 bridgehead atoms. The van der Waals surface area contributed by atoms with Crippen LogP contribution in [0.25, 0.3) is 22.2 Å². The zero-order valence-corrected chi connectivity index (χ0v) is 27.2. The zero-order valence-electron chi connectivity index (χ0n) is 26.4. The van der Waals surface area contributed by atoms with E-state index in [1.807, 2.05) is 18.7 Å². The maximum atomic E-state index is 15.2. The van der Waals surface area contributed by atoms with E-state index in [1.54, 1.807) is 7.11 Å². The number of phenolic OH excluding ortho intramolecular Hbond substituents is 1. The highest BCUT2D eigenvalue weighted by molar-refractivity contribution is 6.33. The quantitative estimate of drug-likeness (QED) is 0.263. The molecule has 15 heteroatoms. The van der Waals surface area contributed by atoms with Crippen molar-refractivity contribution in [1.29, 1.82) is 0 Å². The lowest BCUT2D eigenvalue weighted by molar-refractivity contribution is -0.116. The zero-order chi connectivity index (χ0) is 33.7. The van der Waals surface area contributed by atoms with Gasteiger partial charge < -0.3 is 24.6 Å². The van der Waals surface area contributed by atoms with Crippen molar-refractivity contribution in [2.24, 2.45) is 0 Å². The summed E-state index contributed by atoms with van der Waals surface area (Å²) in [5, 5.41) is 12.2. The molecule has 1 amide bonds. The molecule has 2 N–H and O–H groups in total. The number of carbonyl (C=O) groups excluding carboxylic acids is 1. The first-order valence-electron chi connectivity index (χ1n) is 15.4. The highest BCUT2D eigenvalue weighted by atomic mass is 35.5. The van der Waals surface area contributed by atoms with E-state index in [0.717, 1.165) is 6.54 Å². The van der Waals surface area contributed by atoms with Crippen molar-refractivity contribution in [2.75, 3.05) is 43.5 Å². The van der Waals surface area contributed by atoms with Crippen LogP contribution >= 0.6 is 11.6 Å². The molecular weight excluding hydrogens is 639 g/mol. The number of pyridine rings is 1. The van der Waals surface area contributed by atoms with Gasteiger partial charge in [0.25, 0.3) is 5.56 Å². The Balaban J connectivity index is 1.31. The molecule has 1 aromatic carbocycles. The lowest BCUT2D eigenvalue weighted by Gasteiger charge is -2.41. The number of halogens is 4. The standard InChI is InChI=1S/C32H35ClF3N7O4/c1-16-10-19(27(34)28(35)29(16)45)20-14-41(31-25(20)32(46)43-7-5-6-22(43)39-31)15-24(44)37-21-11-23(38-30(36)26(21)33)42-9-8-40(12-17(42)2)13-18(3)47-4/h10-11,14,17-18,45H,5-9,12-13,15H2,1-4H3,(H,37,38,44)/t17-,18-/m0/s1. The lowest BCUT2D eigenvalue weighted by Crippen LogP contribution is -2.53. The number of phenols is 1. The molecule has 250 valence electrons. The van der Waals surface area contributed by atoms with Crippen LogP contribution in [0.15, 0.2) is 23.1 Å². The van der Waals surface area contributed by atoms with Gasteiger partial charge in [0.2, 0.25) is 17.7 Å². The summed E-state index contributed by atoms with van der Waals surface area (Å²) in [4.78, 5) is 39.9. The number of rotatable bonds is 8. The molecule has 5 heterocycles. The van der Waals surface area contributed by atoms with Gasteiger partial charge in [-0.2, -0.15) is 8.78 Å². The number of fused-ring (bicyclic) bond motifs is 2. The first-order chi connectivity index (χ1) is 22.4. The fourth-order valence-corrected chi connectivity index (χ4v) is 6.58. The molecule has 0 saturated carbocycles. The van der Waals surface area contributed by atoms with Gasteiger partial charge in [-0.3, -0.25) is 19.1 Å². The van der Waals surface area contributed by atoms with E-state index in [-0.39, 0.29) is 50.6 Å². The van der Waals surface area contributed by atoms with E-state index in [9.17, 15) is 19.1 Å². The van der Waals surface area contributed by atoms with E-state index >= 15 is 8.78 Å². The van der Waals surface area contributed by atoms with E-state index in [0.29, 0.717) is 50.7 Å². The molecule has 2 aliphatic heterocycles. The molecule has 2 aliphatic rings. The molecule has 1 fully saturated rings. The monoisotopic (exact) mass is 673 g/mol. The molecule has 3 aromatic heterocycles. The fourth-order valence-electron chi connectivity index (χ4n) is 6.44. The second kappa shape index (κ2) is 12.8. The smallest absolute Gasteiger partial charge is 0.263 e. The van der Waals surface area contributed by atoms with Crippen molar-refractivity contribution in [3.63, 3.8) is 0 Å². The van der Waals surface area contributed by atoms with Crippen molar-refractivity contribution < 1.29 is 27.8 Å². The van der Waals surface area contributed by atoms with Gasteiger partial charge in [-0.05, 0) is 38.8 Å². The largest absolute Gasteiger partial charge is 0.505 e.